The Hall–Kier alpha value is -4.26. The number of unbranched alkanes of at least 4 members (excludes halogenated alkanes) is 6. The van der Waals surface area contributed by atoms with Gasteiger partial charge in [-0.25, -0.2) is 9.59 Å². The molecule has 6 heteroatoms. The van der Waals surface area contributed by atoms with E-state index in [-0.39, 0.29) is 6.29 Å². The molecule has 2 radical (unpaired) electrons. The van der Waals surface area contributed by atoms with Crippen molar-refractivity contribution in [1.29, 1.82) is 0 Å². The number of hydrogen-bond donors (Lipinski definition) is 0. The van der Waals surface area contributed by atoms with Crippen LogP contribution in [0.15, 0.2) is 109 Å². The first-order valence-electron chi connectivity index (χ1n) is 14.4. The lowest BCUT2D eigenvalue weighted by atomic mass is 10.0. The van der Waals surface area contributed by atoms with Crippen LogP contribution in [0.4, 0.5) is 0 Å². The minimum atomic E-state index is -0.691. The number of hydrogen-bond acceptors (Lipinski definition) is 6. The van der Waals surface area contributed by atoms with Crippen LogP contribution in [0.3, 0.4) is 0 Å². The first kappa shape index (κ1) is 30.7. The number of benzene rings is 4. The van der Waals surface area contributed by atoms with E-state index in [1.807, 2.05) is 72.8 Å². The Morgan fingerprint density at radius 2 is 0.905 bits per heavy atom. The van der Waals surface area contributed by atoms with Gasteiger partial charge in [-0.2, -0.15) is 0 Å². The van der Waals surface area contributed by atoms with Crippen LogP contribution in [0, 0.1) is 13.2 Å². The van der Waals surface area contributed by atoms with Gasteiger partial charge in [0.25, 0.3) is 0 Å². The van der Waals surface area contributed by atoms with Gasteiger partial charge in [0.05, 0.1) is 11.1 Å². The topological polar surface area (TPSA) is 71.1 Å². The predicted octanol–water partition coefficient (Wildman–Crippen LogP) is 9.34. The van der Waals surface area contributed by atoms with Crippen molar-refractivity contribution in [2.24, 2.45) is 0 Å². The van der Waals surface area contributed by atoms with Crippen LogP contribution in [0.5, 0.6) is 0 Å². The molecule has 0 N–H and O–H groups in total. The van der Waals surface area contributed by atoms with Gasteiger partial charge in [0, 0.05) is 6.42 Å². The van der Waals surface area contributed by atoms with Gasteiger partial charge in [-0.1, -0.05) is 130 Å². The molecule has 0 fully saturated rings. The van der Waals surface area contributed by atoms with E-state index in [1.54, 1.807) is 36.4 Å². The fourth-order valence-corrected chi connectivity index (χ4v) is 4.43. The van der Waals surface area contributed by atoms with Gasteiger partial charge < -0.3 is 0 Å². The van der Waals surface area contributed by atoms with Gasteiger partial charge >= 0.3 is 18.2 Å². The third-order valence-electron chi connectivity index (χ3n) is 6.71. The van der Waals surface area contributed by atoms with E-state index in [4.69, 9.17) is 19.6 Å². The van der Waals surface area contributed by atoms with E-state index in [1.165, 1.54) is 0 Å². The zero-order chi connectivity index (χ0) is 29.4. The maximum Gasteiger partial charge on any atom is 0.373 e. The van der Waals surface area contributed by atoms with E-state index < -0.39 is 11.9 Å². The Bertz CT molecular complexity index is 1290. The standard InChI is InChI=1S/C36H36O6/c1-2-3-4-5-6-7-14-25-34(39-41-35(37)32-23-15-21-30(26-32)28-17-10-8-11-18-28)40-42-36(38)33-24-16-22-31(27-33)29-19-12-9-13-20-29/h8-13,15-24,26-27H,1-7,14,25H2. The number of carbonyl (C=O) groups is 2. The van der Waals surface area contributed by atoms with E-state index in [9.17, 15) is 9.59 Å². The van der Waals surface area contributed by atoms with Gasteiger partial charge in [0.2, 0.25) is 0 Å². The molecule has 0 saturated heterocycles. The molecular formula is C36H36O6. The first-order chi connectivity index (χ1) is 20.6. The molecule has 4 rings (SSSR count). The maximum atomic E-state index is 12.8. The normalized spacial score (nSPS) is 10.9. The lowest BCUT2D eigenvalue weighted by molar-refractivity contribution is -0.363. The molecule has 0 spiro atoms. The van der Waals surface area contributed by atoms with Crippen LogP contribution in [-0.4, -0.2) is 11.9 Å². The van der Waals surface area contributed by atoms with Crippen LogP contribution < -0.4 is 0 Å². The molecule has 42 heavy (non-hydrogen) atoms. The second kappa shape index (κ2) is 16.9. The Labute approximate surface area is 248 Å². The fourth-order valence-electron chi connectivity index (χ4n) is 4.43. The largest absolute Gasteiger partial charge is 0.373 e. The molecule has 0 aliphatic rings. The van der Waals surface area contributed by atoms with Gasteiger partial charge in [0.1, 0.15) is 0 Å². The van der Waals surface area contributed by atoms with Crippen LogP contribution in [0.1, 0.15) is 72.1 Å². The molecule has 0 bridgehead atoms. The monoisotopic (exact) mass is 564 g/mol. The van der Waals surface area contributed by atoms with Gasteiger partial charge in [-0.05, 0) is 52.9 Å². The van der Waals surface area contributed by atoms with E-state index >= 15 is 0 Å². The third-order valence-corrected chi connectivity index (χ3v) is 6.71. The quantitative estimate of drug-likeness (QED) is 0.0767. The van der Waals surface area contributed by atoms with Crippen LogP contribution in [0.25, 0.3) is 22.3 Å². The molecule has 6 nitrogen and oxygen atoms in total. The van der Waals surface area contributed by atoms with Gasteiger partial charge in [-0.15, -0.1) is 9.78 Å². The Morgan fingerprint density at radius 1 is 0.476 bits per heavy atom. The highest BCUT2D eigenvalue weighted by atomic mass is 17.3. The van der Waals surface area contributed by atoms with Crippen LogP contribution in [0.2, 0.25) is 0 Å². The van der Waals surface area contributed by atoms with Crippen molar-refractivity contribution in [3.05, 3.63) is 134 Å². The molecular weight excluding hydrogens is 528 g/mol. The molecule has 0 aliphatic heterocycles. The molecule has 4 aromatic carbocycles. The minimum Gasteiger partial charge on any atom is -0.289 e. The molecule has 0 aromatic heterocycles. The maximum absolute atomic E-state index is 12.8. The molecule has 0 unspecified atom stereocenters. The van der Waals surface area contributed by atoms with Crippen LogP contribution >= 0.6 is 0 Å². The summed E-state index contributed by atoms with van der Waals surface area (Å²) in [6.45, 7) is 3.88. The molecule has 216 valence electrons. The van der Waals surface area contributed by atoms with E-state index in [2.05, 4.69) is 6.92 Å². The highest BCUT2D eigenvalue weighted by molar-refractivity contribution is 5.91. The smallest absolute Gasteiger partial charge is 0.289 e. The summed E-state index contributed by atoms with van der Waals surface area (Å²) in [6, 6.07) is 33.6. The van der Waals surface area contributed by atoms with Gasteiger partial charge in [0.15, 0.2) is 0 Å². The summed E-state index contributed by atoms with van der Waals surface area (Å²) in [6.07, 6.45) is 7.20. The molecule has 0 amide bonds. The predicted molar refractivity (Wildman–Crippen MR) is 162 cm³/mol. The average Bonchev–Trinajstić information content (AvgIpc) is 3.05. The molecule has 4 aromatic rings. The number of rotatable bonds is 16. The van der Waals surface area contributed by atoms with Crippen LogP contribution in [-0.2, 0) is 19.6 Å². The molecule has 0 atom stereocenters. The second-order valence-electron chi connectivity index (χ2n) is 9.90. The highest BCUT2D eigenvalue weighted by Crippen LogP contribution is 2.24. The number of carbonyl (C=O) groups excluding carboxylic acids is 2. The van der Waals surface area contributed by atoms with Crippen molar-refractivity contribution >= 4 is 11.9 Å². The Morgan fingerprint density at radius 3 is 1.38 bits per heavy atom. The second-order valence-corrected chi connectivity index (χ2v) is 9.90. The summed E-state index contributed by atoms with van der Waals surface area (Å²) >= 11 is 0. The average molecular weight is 565 g/mol. The third kappa shape index (κ3) is 9.68. The van der Waals surface area contributed by atoms with Crippen molar-refractivity contribution in [3.8, 4) is 22.3 Å². The molecule has 0 saturated carbocycles. The summed E-state index contributed by atoms with van der Waals surface area (Å²) in [5.74, 6) is -1.38. The summed E-state index contributed by atoms with van der Waals surface area (Å²) in [5, 5.41) is 0. The van der Waals surface area contributed by atoms with Crippen molar-refractivity contribution in [1.82, 2.24) is 0 Å². The minimum absolute atomic E-state index is 0.104. The van der Waals surface area contributed by atoms with Crippen molar-refractivity contribution in [2.45, 2.75) is 51.4 Å². The van der Waals surface area contributed by atoms with E-state index in [0.717, 1.165) is 60.8 Å². The first-order valence-corrected chi connectivity index (χ1v) is 14.4. The summed E-state index contributed by atoms with van der Waals surface area (Å²) in [4.78, 5) is 46.4. The van der Waals surface area contributed by atoms with Crippen molar-refractivity contribution in [2.75, 3.05) is 0 Å². The summed E-state index contributed by atoms with van der Waals surface area (Å²) in [7, 11) is 0. The highest BCUT2D eigenvalue weighted by Gasteiger charge is 2.22. The fraction of sp³-hybridized carbons (Fsp3) is 0.222. The molecule has 0 heterocycles. The SMILES string of the molecule is [CH2]CCCCCCCC[C](OOC(=O)c1cccc(-c2ccccc2)c1)OOC(=O)c1cccc(-c2ccccc2)c1. The molecule has 0 aliphatic carbocycles. The Kier molecular flexibility index (Phi) is 12.3. The lowest BCUT2D eigenvalue weighted by Gasteiger charge is -2.14. The Balaban J connectivity index is 1.35. The zero-order valence-electron chi connectivity index (χ0n) is 23.7. The van der Waals surface area contributed by atoms with Crippen molar-refractivity contribution in [3.63, 3.8) is 0 Å². The lowest BCUT2D eigenvalue weighted by Crippen LogP contribution is -2.16. The van der Waals surface area contributed by atoms with E-state index in [0.29, 0.717) is 24.0 Å². The van der Waals surface area contributed by atoms with Crippen molar-refractivity contribution < 1.29 is 29.1 Å². The zero-order valence-corrected chi connectivity index (χ0v) is 23.7. The van der Waals surface area contributed by atoms with Gasteiger partial charge in [-0.3, -0.25) is 9.78 Å². The summed E-state index contributed by atoms with van der Waals surface area (Å²) < 4.78 is 0. The summed E-state index contributed by atoms with van der Waals surface area (Å²) in [5.41, 5.74) is 4.32.